The normalized spacial score (nSPS) is 21.4. The van der Waals surface area contributed by atoms with Crippen molar-refractivity contribution in [2.24, 2.45) is 5.92 Å². The lowest BCUT2D eigenvalue weighted by Crippen LogP contribution is -2.47. The third-order valence-corrected chi connectivity index (χ3v) is 3.61. The zero-order valence-corrected chi connectivity index (χ0v) is 10.8. The molecule has 0 radical (unpaired) electrons. The summed E-state index contributed by atoms with van der Waals surface area (Å²) in [6, 6.07) is 5.66. The molecule has 6 nitrogen and oxygen atoms in total. The van der Waals surface area contributed by atoms with Crippen LogP contribution in [0.1, 0.15) is 18.5 Å². The smallest absolute Gasteiger partial charge is 0.306 e. The summed E-state index contributed by atoms with van der Waals surface area (Å²) in [5.74, 6) is -1.20. The second-order valence-corrected chi connectivity index (χ2v) is 5.15. The van der Waals surface area contributed by atoms with Gasteiger partial charge in [-0.15, -0.1) is 0 Å². The number of rotatable bonds is 4. The Hall–Kier alpha value is -2.37. The van der Waals surface area contributed by atoms with Crippen molar-refractivity contribution in [3.8, 4) is 0 Å². The number of carboxylic acids is 1. The lowest BCUT2D eigenvalue weighted by Gasteiger charge is -2.32. The fraction of sp³-hybridized carbons (Fsp3) is 0.357. The molecule has 0 bridgehead atoms. The molecule has 2 aromatic heterocycles. The van der Waals surface area contributed by atoms with Gasteiger partial charge in [-0.2, -0.15) is 0 Å². The average molecular weight is 273 g/mol. The molecule has 6 heteroatoms. The molecule has 0 spiro atoms. The van der Waals surface area contributed by atoms with E-state index < -0.39 is 5.97 Å². The van der Waals surface area contributed by atoms with E-state index in [0.29, 0.717) is 18.5 Å². The van der Waals surface area contributed by atoms with E-state index in [4.69, 9.17) is 5.11 Å². The van der Waals surface area contributed by atoms with Gasteiger partial charge >= 0.3 is 5.97 Å². The van der Waals surface area contributed by atoms with Crippen molar-refractivity contribution in [1.82, 2.24) is 14.7 Å². The van der Waals surface area contributed by atoms with Crippen LogP contribution in [0.25, 0.3) is 5.65 Å². The van der Waals surface area contributed by atoms with Gasteiger partial charge in [-0.25, -0.2) is 4.98 Å². The van der Waals surface area contributed by atoms with Crippen LogP contribution in [-0.2, 0) is 16.0 Å². The Morgan fingerprint density at radius 3 is 2.90 bits per heavy atom. The fourth-order valence-corrected chi connectivity index (χ4v) is 2.45. The van der Waals surface area contributed by atoms with Gasteiger partial charge in [-0.1, -0.05) is 6.07 Å². The van der Waals surface area contributed by atoms with Crippen molar-refractivity contribution in [3.63, 3.8) is 0 Å². The highest BCUT2D eigenvalue weighted by atomic mass is 16.4. The predicted octanol–water partition coefficient (Wildman–Crippen LogP) is 0.856. The van der Waals surface area contributed by atoms with Crippen molar-refractivity contribution in [3.05, 3.63) is 36.3 Å². The summed E-state index contributed by atoms with van der Waals surface area (Å²) < 4.78 is 1.87. The highest BCUT2D eigenvalue weighted by molar-refractivity contribution is 5.79. The lowest BCUT2D eigenvalue weighted by molar-refractivity contribution is -0.146. The van der Waals surface area contributed by atoms with Crippen LogP contribution in [0.3, 0.4) is 0 Å². The van der Waals surface area contributed by atoms with Gasteiger partial charge < -0.3 is 14.8 Å². The molecule has 3 rings (SSSR count). The summed E-state index contributed by atoms with van der Waals surface area (Å²) in [7, 11) is 0. The molecule has 20 heavy (non-hydrogen) atoms. The number of hydrogen-bond acceptors (Lipinski definition) is 3. The summed E-state index contributed by atoms with van der Waals surface area (Å²) >= 11 is 0. The molecule has 1 fully saturated rings. The molecular formula is C14H15N3O3. The van der Waals surface area contributed by atoms with Crippen molar-refractivity contribution < 1.29 is 14.7 Å². The Kier molecular flexibility index (Phi) is 3.14. The monoisotopic (exact) mass is 273 g/mol. The molecule has 0 aliphatic heterocycles. The van der Waals surface area contributed by atoms with Crippen LogP contribution in [-0.4, -0.2) is 32.4 Å². The van der Waals surface area contributed by atoms with E-state index in [-0.39, 0.29) is 24.3 Å². The van der Waals surface area contributed by atoms with E-state index in [2.05, 4.69) is 10.3 Å². The number of nitrogens with one attached hydrogen (secondary N) is 1. The van der Waals surface area contributed by atoms with E-state index >= 15 is 0 Å². The van der Waals surface area contributed by atoms with E-state index in [1.165, 1.54) is 0 Å². The summed E-state index contributed by atoms with van der Waals surface area (Å²) in [6.45, 7) is 0. The largest absolute Gasteiger partial charge is 0.481 e. The van der Waals surface area contributed by atoms with E-state index in [9.17, 15) is 9.59 Å². The maximum Gasteiger partial charge on any atom is 0.306 e. The van der Waals surface area contributed by atoms with E-state index in [0.717, 1.165) is 5.65 Å². The Labute approximate surface area is 115 Å². The Bertz CT molecular complexity index is 625. The minimum Gasteiger partial charge on any atom is -0.481 e. The topological polar surface area (TPSA) is 83.7 Å². The van der Waals surface area contributed by atoms with Crippen LogP contribution in [0, 0.1) is 5.92 Å². The zero-order chi connectivity index (χ0) is 14.1. The number of carbonyl (C=O) groups is 2. The molecule has 1 aliphatic carbocycles. The van der Waals surface area contributed by atoms with Crippen molar-refractivity contribution in [1.29, 1.82) is 0 Å². The number of carbonyl (C=O) groups excluding carboxylic acids is 1. The molecule has 1 amide bonds. The van der Waals surface area contributed by atoms with Gasteiger partial charge in [0.15, 0.2) is 0 Å². The van der Waals surface area contributed by atoms with Crippen molar-refractivity contribution >= 4 is 17.5 Å². The quantitative estimate of drug-likeness (QED) is 0.865. The highest BCUT2D eigenvalue weighted by Gasteiger charge is 2.35. The molecule has 2 heterocycles. The fourth-order valence-electron chi connectivity index (χ4n) is 2.45. The first-order chi connectivity index (χ1) is 9.61. The summed E-state index contributed by atoms with van der Waals surface area (Å²) in [6.07, 6.45) is 4.97. The van der Waals surface area contributed by atoms with Crippen LogP contribution >= 0.6 is 0 Å². The Morgan fingerprint density at radius 2 is 2.20 bits per heavy atom. The first kappa shape index (κ1) is 12.7. The molecule has 2 N–H and O–H groups in total. The molecule has 1 saturated carbocycles. The number of fused-ring (bicyclic) bond motifs is 1. The van der Waals surface area contributed by atoms with Gasteiger partial charge in [-0.05, 0) is 25.0 Å². The van der Waals surface area contributed by atoms with Crippen molar-refractivity contribution in [2.45, 2.75) is 25.3 Å². The maximum absolute atomic E-state index is 11.9. The number of imidazole rings is 1. The Morgan fingerprint density at radius 1 is 1.40 bits per heavy atom. The zero-order valence-electron chi connectivity index (χ0n) is 10.8. The summed E-state index contributed by atoms with van der Waals surface area (Å²) in [5, 5.41) is 11.6. The van der Waals surface area contributed by atoms with Crippen LogP contribution in [0.5, 0.6) is 0 Å². The molecule has 0 saturated heterocycles. The second-order valence-electron chi connectivity index (χ2n) is 5.15. The number of aliphatic carboxylic acids is 1. The summed E-state index contributed by atoms with van der Waals surface area (Å²) in [5.41, 5.74) is 1.52. The lowest BCUT2D eigenvalue weighted by atomic mass is 9.80. The minimum atomic E-state index is -0.782. The second kappa shape index (κ2) is 4.96. The van der Waals surface area contributed by atoms with Crippen LogP contribution < -0.4 is 5.32 Å². The van der Waals surface area contributed by atoms with E-state index in [1.807, 2.05) is 35.0 Å². The van der Waals surface area contributed by atoms with Gasteiger partial charge in [0, 0.05) is 18.4 Å². The number of hydrogen-bond donors (Lipinski definition) is 2. The number of amides is 1. The summed E-state index contributed by atoms with van der Waals surface area (Å²) in [4.78, 5) is 26.9. The molecule has 0 aromatic carbocycles. The third kappa shape index (κ3) is 2.49. The van der Waals surface area contributed by atoms with Gasteiger partial charge in [0.05, 0.1) is 18.0 Å². The van der Waals surface area contributed by atoms with Crippen LogP contribution in [0.15, 0.2) is 30.6 Å². The van der Waals surface area contributed by atoms with Gasteiger partial charge in [0.2, 0.25) is 5.91 Å². The first-order valence-electron chi connectivity index (χ1n) is 6.56. The number of nitrogens with zero attached hydrogens (tertiary/aromatic N) is 2. The molecule has 0 atom stereocenters. The molecular weight excluding hydrogens is 258 g/mol. The van der Waals surface area contributed by atoms with Gasteiger partial charge in [0.25, 0.3) is 0 Å². The van der Waals surface area contributed by atoms with Crippen molar-refractivity contribution in [2.75, 3.05) is 0 Å². The predicted molar refractivity (Wildman–Crippen MR) is 71.2 cm³/mol. The molecule has 2 aromatic rings. The molecule has 104 valence electrons. The molecule has 0 unspecified atom stereocenters. The number of pyridine rings is 1. The average Bonchev–Trinajstić information content (AvgIpc) is 2.74. The van der Waals surface area contributed by atoms with Crippen LogP contribution in [0.2, 0.25) is 0 Å². The van der Waals surface area contributed by atoms with Crippen LogP contribution in [0.4, 0.5) is 0 Å². The maximum atomic E-state index is 11.9. The minimum absolute atomic E-state index is 0.0133. The highest BCUT2D eigenvalue weighted by Crippen LogP contribution is 2.27. The third-order valence-electron chi connectivity index (χ3n) is 3.61. The standard InChI is InChI=1S/C14H15N3O3/c18-13(16-10-5-9(6-10)14(19)20)7-11-8-17-4-2-1-3-12(17)15-11/h1-4,8-10H,5-7H2,(H,16,18)(H,19,20). The number of aromatic nitrogens is 2. The Balaban J connectivity index is 1.55. The first-order valence-corrected chi connectivity index (χ1v) is 6.56. The van der Waals surface area contributed by atoms with E-state index in [1.54, 1.807) is 0 Å². The van der Waals surface area contributed by atoms with Gasteiger partial charge in [-0.3, -0.25) is 9.59 Å². The van der Waals surface area contributed by atoms with Gasteiger partial charge in [0.1, 0.15) is 5.65 Å². The molecule has 1 aliphatic rings. The SMILES string of the molecule is O=C(Cc1cn2ccccc2n1)NC1CC(C(=O)O)C1. The number of carboxylic acid groups (broad SMARTS) is 1.